The molecule has 0 aromatic heterocycles. The van der Waals surface area contributed by atoms with Gasteiger partial charge >= 0.3 is 0 Å². The Bertz CT molecular complexity index is 689. The summed E-state index contributed by atoms with van der Waals surface area (Å²) in [5.74, 6) is 1.20. The van der Waals surface area contributed by atoms with Crippen LogP contribution in [-0.4, -0.2) is 17.7 Å². The average molecular weight is 268 g/mol. The molecule has 0 spiro atoms. The van der Waals surface area contributed by atoms with Crippen molar-refractivity contribution in [3.63, 3.8) is 0 Å². The van der Waals surface area contributed by atoms with Crippen molar-refractivity contribution in [3.05, 3.63) is 59.7 Å². The summed E-state index contributed by atoms with van der Waals surface area (Å²) in [6.45, 7) is 0.181. The van der Waals surface area contributed by atoms with Crippen LogP contribution in [0.3, 0.4) is 0 Å². The predicted molar refractivity (Wildman–Crippen MR) is 74.0 cm³/mol. The topological polar surface area (TPSA) is 55.8 Å². The van der Waals surface area contributed by atoms with Crippen LogP contribution >= 0.6 is 0 Å². The fourth-order valence-corrected chi connectivity index (χ4v) is 1.94. The van der Waals surface area contributed by atoms with Crippen molar-refractivity contribution >= 4 is 11.9 Å². The number of para-hydroxylation sites is 1. The first kappa shape index (κ1) is 12.3. The number of allylic oxidation sites excluding steroid dienone is 1. The molecule has 1 heterocycles. The first-order valence-corrected chi connectivity index (χ1v) is 6.14. The Morgan fingerprint density at radius 3 is 2.75 bits per heavy atom. The van der Waals surface area contributed by atoms with Gasteiger partial charge in [-0.1, -0.05) is 18.2 Å². The molecule has 0 bridgehead atoms. The van der Waals surface area contributed by atoms with E-state index in [0.717, 1.165) is 0 Å². The number of fused-ring (bicyclic) bond motifs is 1. The monoisotopic (exact) mass is 268 g/mol. The standard InChI is InChI=1S/C16H12O4/c17-13-4-2-1-3-11(13)5-7-14(18)12-6-8-15-16(9-12)20-10-19-15/h1-9,17H,10H2. The Morgan fingerprint density at radius 2 is 1.90 bits per heavy atom. The van der Waals surface area contributed by atoms with Crippen molar-refractivity contribution in [2.24, 2.45) is 0 Å². The van der Waals surface area contributed by atoms with E-state index in [4.69, 9.17) is 9.47 Å². The summed E-state index contributed by atoms with van der Waals surface area (Å²) in [6, 6.07) is 11.9. The largest absolute Gasteiger partial charge is 0.507 e. The van der Waals surface area contributed by atoms with Crippen LogP contribution in [0.2, 0.25) is 0 Å². The summed E-state index contributed by atoms with van der Waals surface area (Å²) in [5, 5.41) is 9.62. The zero-order valence-corrected chi connectivity index (χ0v) is 10.6. The van der Waals surface area contributed by atoms with E-state index in [2.05, 4.69) is 0 Å². The number of benzene rings is 2. The van der Waals surface area contributed by atoms with E-state index in [1.165, 1.54) is 6.08 Å². The molecule has 0 saturated heterocycles. The molecule has 4 nitrogen and oxygen atoms in total. The number of ether oxygens (including phenoxy) is 2. The second kappa shape index (κ2) is 5.09. The number of carbonyl (C=O) groups excluding carboxylic acids is 1. The van der Waals surface area contributed by atoms with Gasteiger partial charge in [0.2, 0.25) is 6.79 Å². The van der Waals surface area contributed by atoms with Gasteiger partial charge in [-0.05, 0) is 36.4 Å². The fourth-order valence-electron chi connectivity index (χ4n) is 1.94. The minimum Gasteiger partial charge on any atom is -0.507 e. The van der Waals surface area contributed by atoms with Crippen LogP contribution in [0.1, 0.15) is 15.9 Å². The number of rotatable bonds is 3. The van der Waals surface area contributed by atoms with Crippen molar-refractivity contribution in [1.29, 1.82) is 0 Å². The molecule has 1 aliphatic heterocycles. The van der Waals surface area contributed by atoms with E-state index in [1.54, 1.807) is 48.5 Å². The van der Waals surface area contributed by atoms with E-state index in [-0.39, 0.29) is 18.3 Å². The van der Waals surface area contributed by atoms with Crippen molar-refractivity contribution in [1.82, 2.24) is 0 Å². The third-order valence-electron chi connectivity index (χ3n) is 3.01. The highest BCUT2D eigenvalue weighted by Gasteiger charge is 2.15. The molecule has 0 atom stereocenters. The van der Waals surface area contributed by atoms with Gasteiger partial charge in [0.1, 0.15) is 5.75 Å². The van der Waals surface area contributed by atoms with Gasteiger partial charge in [-0.2, -0.15) is 0 Å². The first-order valence-electron chi connectivity index (χ1n) is 6.14. The third kappa shape index (κ3) is 2.36. The molecule has 0 fully saturated rings. The molecule has 1 N–H and O–H groups in total. The molecule has 4 heteroatoms. The molecular weight excluding hydrogens is 256 g/mol. The molecule has 3 rings (SSSR count). The lowest BCUT2D eigenvalue weighted by atomic mass is 10.1. The molecule has 2 aromatic rings. The van der Waals surface area contributed by atoms with E-state index in [1.807, 2.05) is 0 Å². The summed E-state index contributed by atoms with van der Waals surface area (Å²) in [6.07, 6.45) is 3.01. The molecule has 2 aromatic carbocycles. The lowest BCUT2D eigenvalue weighted by Crippen LogP contribution is -1.94. The second-order valence-corrected chi connectivity index (χ2v) is 4.32. The highest BCUT2D eigenvalue weighted by molar-refractivity contribution is 6.07. The van der Waals surface area contributed by atoms with Crippen LogP contribution in [0.5, 0.6) is 17.2 Å². The predicted octanol–water partition coefficient (Wildman–Crippen LogP) is 3.02. The van der Waals surface area contributed by atoms with Crippen LogP contribution < -0.4 is 9.47 Å². The summed E-state index contributed by atoms with van der Waals surface area (Å²) < 4.78 is 10.4. The van der Waals surface area contributed by atoms with Crippen molar-refractivity contribution in [2.45, 2.75) is 0 Å². The van der Waals surface area contributed by atoms with Crippen molar-refractivity contribution in [2.75, 3.05) is 6.79 Å². The quantitative estimate of drug-likeness (QED) is 0.686. The van der Waals surface area contributed by atoms with E-state index in [9.17, 15) is 9.90 Å². The number of carbonyl (C=O) groups is 1. The number of phenols is 1. The zero-order chi connectivity index (χ0) is 13.9. The average Bonchev–Trinajstić information content (AvgIpc) is 2.93. The van der Waals surface area contributed by atoms with Gasteiger partial charge in [-0.15, -0.1) is 0 Å². The van der Waals surface area contributed by atoms with Gasteiger partial charge in [0, 0.05) is 11.1 Å². The number of hydrogen-bond donors (Lipinski definition) is 1. The minimum atomic E-state index is -0.161. The SMILES string of the molecule is O=C(C=Cc1ccccc1O)c1ccc2c(c1)OCO2. The molecule has 0 saturated carbocycles. The Balaban J connectivity index is 1.81. The van der Waals surface area contributed by atoms with Crippen molar-refractivity contribution in [3.8, 4) is 17.2 Å². The van der Waals surface area contributed by atoms with Gasteiger partial charge in [0.05, 0.1) is 0 Å². The third-order valence-corrected chi connectivity index (χ3v) is 3.01. The Hall–Kier alpha value is -2.75. The molecule has 0 amide bonds. The highest BCUT2D eigenvalue weighted by Crippen LogP contribution is 2.32. The summed E-state index contributed by atoms with van der Waals surface area (Å²) in [5.41, 5.74) is 1.11. The van der Waals surface area contributed by atoms with Crippen LogP contribution in [0.15, 0.2) is 48.5 Å². The maximum absolute atomic E-state index is 12.1. The molecular formula is C16H12O4. The van der Waals surface area contributed by atoms with Crippen molar-refractivity contribution < 1.29 is 19.4 Å². The summed E-state index contributed by atoms with van der Waals surface area (Å²) in [4.78, 5) is 12.1. The zero-order valence-electron chi connectivity index (χ0n) is 10.6. The lowest BCUT2D eigenvalue weighted by Gasteiger charge is -2.00. The number of hydrogen-bond acceptors (Lipinski definition) is 4. The lowest BCUT2D eigenvalue weighted by molar-refractivity contribution is 0.104. The smallest absolute Gasteiger partial charge is 0.231 e. The van der Waals surface area contributed by atoms with Gasteiger partial charge in [0.25, 0.3) is 0 Å². The number of phenolic OH excluding ortho intramolecular Hbond substituents is 1. The first-order chi connectivity index (χ1) is 9.74. The Kier molecular flexibility index (Phi) is 3.13. The fraction of sp³-hybridized carbons (Fsp3) is 0.0625. The normalized spacial score (nSPS) is 12.8. The van der Waals surface area contributed by atoms with Gasteiger partial charge in [-0.25, -0.2) is 0 Å². The summed E-state index contributed by atoms with van der Waals surface area (Å²) in [7, 11) is 0. The van der Waals surface area contributed by atoms with Gasteiger partial charge < -0.3 is 14.6 Å². The molecule has 0 radical (unpaired) electrons. The van der Waals surface area contributed by atoms with E-state index in [0.29, 0.717) is 22.6 Å². The molecule has 1 aliphatic rings. The van der Waals surface area contributed by atoms with Gasteiger partial charge in [0.15, 0.2) is 17.3 Å². The van der Waals surface area contributed by atoms with Crippen LogP contribution in [0.4, 0.5) is 0 Å². The molecule has 0 aliphatic carbocycles. The minimum absolute atomic E-state index is 0.141. The number of aromatic hydroxyl groups is 1. The molecule has 0 unspecified atom stereocenters. The molecule has 100 valence electrons. The van der Waals surface area contributed by atoms with Crippen LogP contribution in [-0.2, 0) is 0 Å². The maximum Gasteiger partial charge on any atom is 0.231 e. The van der Waals surface area contributed by atoms with Gasteiger partial charge in [-0.3, -0.25) is 4.79 Å². The number of ketones is 1. The highest BCUT2D eigenvalue weighted by atomic mass is 16.7. The van der Waals surface area contributed by atoms with E-state index >= 15 is 0 Å². The van der Waals surface area contributed by atoms with Crippen LogP contribution in [0, 0.1) is 0 Å². The van der Waals surface area contributed by atoms with E-state index < -0.39 is 0 Å². The second-order valence-electron chi connectivity index (χ2n) is 4.32. The molecule has 20 heavy (non-hydrogen) atoms. The Morgan fingerprint density at radius 1 is 1.10 bits per heavy atom. The Labute approximate surface area is 115 Å². The van der Waals surface area contributed by atoms with Crippen LogP contribution in [0.25, 0.3) is 6.08 Å². The summed E-state index contributed by atoms with van der Waals surface area (Å²) >= 11 is 0. The maximum atomic E-state index is 12.1.